The van der Waals surface area contributed by atoms with Gasteiger partial charge in [0.1, 0.15) is 6.54 Å². The Morgan fingerprint density at radius 3 is 2.58 bits per heavy atom. The highest BCUT2D eigenvalue weighted by Gasteiger charge is 2.40. The highest BCUT2D eigenvalue weighted by Crippen LogP contribution is 2.38. The average Bonchev–Trinajstić information content (AvgIpc) is 2.66. The Bertz CT molecular complexity index is 618. The summed E-state index contributed by atoms with van der Waals surface area (Å²) in [5.41, 5.74) is 1.53. The molecular weight excluding hydrogens is 330 g/mol. The third kappa shape index (κ3) is 4.75. The Labute approximate surface area is 155 Å². The van der Waals surface area contributed by atoms with Gasteiger partial charge in [0.15, 0.2) is 0 Å². The van der Waals surface area contributed by atoms with Crippen molar-refractivity contribution in [2.75, 3.05) is 39.8 Å². The molecule has 0 aromatic heterocycles. The number of methoxy groups -OCH3 is 1. The molecule has 1 spiro atoms. The second kappa shape index (κ2) is 8.54. The molecule has 3 rings (SSSR count). The molecule has 26 heavy (non-hydrogen) atoms. The van der Waals surface area contributed by atoms with E-state index in [1.54, 1.807) is 0 Å². The zero-order valence-electron chi connectivity index (χ0n) is 15.6. The molecule has 1 N–H and O–H groups in total. The number of hydrogen-bond acceptors (Lipinski definition) is 4. The van der Waals surface area contributed by atoms with Crippen LogP contribution < -0.4 is 5.32 Å². The van der Waals surface area contributed by atoms with Crippen LogP contribution in [0, 0.1) is 5.41 Å². The minimum Gasteiger partial charge on any atom is -0.453 e. The number of hydrogen-bond donors (Lipinski definition) is 1. The first kappa shape index (κ1) is 18.7. The van der Waals surface area contributed by atoms with Crippen LogP contribution in [0.2, 0.25) is 0 Å². The third-order valence-corrected chi connectivity index (χ3v) is 5.57. The summed E-state index contributed by atoms with van der Waals surface area (Å²) >= 11 is 0. The molecule has 0 bridgehead atoms. The van der Waals surface area contributed by atoms with E-state index in [1.165, 1.54) is 31.9 Å². The number of nitrogens with zero attached hydrogens (tertiary/aromatic N) is 2. The maximum Gasteiger partial charge on any atom is 0.407 e. The van der Waals surface area contributed by atoms with E-state index in [-0.39, 0.29) is 17.9 Å². The van der Waals surface area contributed by atoms with E-state index in [9.17, 15) is 9.59 Å². The molecule has 1 unspecified atom stereocenters. The van der Waals surface area contributed by atoms with Crippen LogP contribution in [0.4, 0.5) is 4.79 Å². The molecule has 2 fully saturated rings. The second-order valence-corrected chi connectivity index (χ2v) is 7.56. The largest absolute Gasteiger partial charge is 0.453 e. The number of carbonyl (C=O) groups is 2. The van der Waals surface area contributed by atoms with Gasteiger partial charge in [0.2, 0.25) is 5.91 Å². The number of rotatable bonds is 4. The van der Waals surface area contributed by atoms with Crippen LogP contribution in [0.3, 0.4) is 0 Å². The van der Waals surface area contributed by atoms with E-state index >= 15 is 0 Å². The highest BCUT2D eigenvalue weighted by atomic mass is 16.5. The SMILES string of the molecule is COC(=O)NCC(=O)N1CCCC2(CCCN(Cc3ccccc3)C2)C1. The van der Waals surface area contributed by atoms with Gasteiger partial charge in [0, 0.05) is 31.6 Å². The molecule has 142 valence electrons. The minimum atomic E-state index is -0.559. The number of alkyl carbamates (subject to hydrolysis) is 1. The summed E-state index contributed by atoms with van der Waals surface area (Å²) in [5.74, 6) is -0.0188. The van der Waals surface area contributed by atoms with Gasteiger partial charge in [-0.2, -0.15) is 0 Å². The molecule has 0 aliphatic carbocycles. The van der Waals surface area contributed by atoms with Crippen molar-refractivity contribution in [1.82, 2.24) is 15.1 Å². The number of piperidine rings is 2. The molecule has 2 aliphatic rings. The Balaban J connectivity index is 1.58. The van der Waals surface area contributed by atoms with Crippen molar-refractivity contribution in [3.63, 3.8) is 0 Å². The number of likely N-dealkylation sites (tertiary alicyclic amines) is 2. The molecule has 1 aromatic carbocycles. The zero-order chi connectivity index (χ0) is 18.4. The van der Waals surface area contributed by atoms with Crippen molar-refractivity contribution < 1.29 is 14.3 Å². The van der Waals surface area contributed by atoms with Crippen LogP contribution in [0.15, 0.2) is 30.3 Å². The standard InChI is InChI=1S/C20H29N3O3/c1-26-19(25)21-13-18(24)23-12-6-10-20(16-23)9-5-11-22(15-20)14-17-7-3-2-4-8-17/h2-4,7-8H,5-6,9-16H2,1H3,(H,21,25). The van der Waals surface area contributed by atoms with Crippen LogP contribution in [-0.2, 0) is 16.1 Å². The van der Waals surface area contributed by atoms with Crippen molar-refractivity contribution in [2.24, 2.45) is 5.41 Å². The van der Waals surface area contributed by atoms with Crippen LogP contribution >= 0.6 is 0 Å². The number of benzene rings is 1. The van der Waals surface area contributed by atoms with Crippen molar-refractivity contribution in [1.29, 1.82) is 0 Å². The van der Waals surface area contributed by atoms with Gasteiger partial charge in [-0.15, -0.1) is 0 Å². The van der Waals surface area contributed by atoms with Crippen molar-refractivity contribution in [3.8, 4) is 0 Å². The lowest BCUT2D eigenvalue weighted by Gasteiger charge is -2.48. The molecular formula is C20H29N3O3. The lowest BCUT2D eigenvalue weighted by Crippen LogP contribution is -2.54. The molecule has 6 heteroatoms. The summed E-state index contributed by atoms with van der Waals surface area (Å²) in [5, 5.41) is 2.50. The van der Waals surface area contributed by atoms with Gasteiger partial charge in [-0.05, 0) is 37.8 Å². The molecule has 2 aliphatic heterocycles. The van der Waals surface area contributed by atoms with Gasteiger partial charge in [-0.3, -0.25) is 9.69 Å². The number of carbonyl (C=O) groups excluding carboxylic acids is 2. The summed E-state index contributed by atoms with van der Waals surface area (Å²) in [7, 11) is 1.30. The van der Waals surface area contributed by atoms with E-state index in [4.69, 9.17) is 0 Å². The van der Waals surface area contributed by atoms with Crippen LogP contribution in [0.5, 0.6) is 0 Å². The lowest BCUT2D eigenvalue weighted by molar-refractivity contribution is -0.135. The summed E-state index contributed by atoms with van der Waals surface area (Å²) in [4.78, 5) is 28.1. The fourth-order valence-electron chi connectivity index (χ4n) is 4.37. The summed E-state index contributed by atoms with van der Waals surface area (Å²) < 4.78 is 4.54. The number of nitrogens with one attached hydrogen (secondary N) is 1. The van der Waals surface area contributed by atoms with Gasteiger partial charge in [-0.1, -0.05) is 30.3 Å². The Morgan fingerprint density at radius 2 is 1.85 bits per heavy atom. The van der Waals surface area contributed by atoms with E-state index in [2.05, 4.69) is 39.2 Å². The van der Waals surface area contributed by atoms with E-state index < -0.39 is 6.09 Å². The second-order valence-electron chi connectivity index (χ2n) is 7.56. The number of amides is 2. The first-order valence-electron chi connectivity index (χ1n) is 9.46. The zero-order valence-corrected chi connectivity index (χ0v) is 15.6. The number of ether oxygens (including phenoxy) is 1. The normalized spacial score (nSPS) is 23.7. The predicted molar refractivity (Wildman–Crippen MR) is 99.6 cm³/mol. The average molecular weight is 359 g/mol. The first-order chi connectivity index (χ1) is 12.6. The highest BCUT2D eigenvalue weighted by molar-refractivity contribution is 5.82. The van der Waals surface area contributed by atoms with E-state index in [0.29, 0.717) is 0 Å². The van der Waals surface area contributed by atoms with Crippen LogP contribution in [-0.4, -0.2) is 61.6 Å². The van der Waals surface area contributed by atoms with E-state index in [1.807, 2.05) is 11.0 Å². The molecule has 2 heterocycles. The minimum absolute atomic E-state index is 0.0104. The van der Waals surface area contributed by atoms with Crippen molar-refractivity contribution in [3.05, 3.63) is 35.9 Å². The molecule has 1 atom stereocenters. The van der Waals surface area contributed by atoms with Gasteiger partial charge in [0.05, 0.1) is 7.11 Å². The van der Waals surface area contributed by atoms with Crippen molar-refractivity contribution >= 4 is 12.0 Å². The van der Waals surface area contributed by atoms with Gasteiger partial charge < -0.3 is 15.0 Å². The Kier molecular flexibility index (Phi) is 6.14. The third-order valence-electron chi connectivity index (χ3n) is 5.57. The summed E-state index contributed by atoms with van der Waals surface area (Å²) in [6.07, 6.45) is 3.99. The molecule has 1 aromatic rings. The monoisotopic (exact) mass is 359 g/mol. The lowest BCUT2D eigenvalue weighted by atomic mass is 9.73. The fraction of sp³-hybridized carbons (Fsp3) is 0.600. The maximum atomic E-state index is 12.5. The smallest absolute Gasteiger partial charge is 0.407 e. The quantitative estimate of drug-likeness (QED) is 0.896. The summed E-state index contributed by atoms with van der Waals surface area (Å²) in [6, 6.07) is 10.6. The van der Waals surface area contributed by atoms with Gasteiger partial charge >= 0.3 is 6.09 Å². The summed E-state index contributed by atoms with van der Waals surface area (Å²) in [6.45, 7) is 4.71. The van der Waals surface area contributed by atoms with Gasteiger partial charge in [-0.25, -0.2) is 4.79 Å². The van der Waals surface area contributed by atoms with E-state index in [0.717, 1.165) is 39.1 Å². The molecule has 6 nitrogen and oxygen atoms in total. The maximum absolute atomic E-state index is 12.5. The predicted octanol–water partition coefficient (Wildman–Crippen LogP) is 2.25. The molecule has 2 amide bonds. The Morgan fingerprint density at radius 1 is 1.12 bits per heavy atom. The van der Waals surface area contributed by atoms with Crippen LogP contribution in [0.25, 0.3) is 0 Å². The molecule has 2 saturated heterocycles. The van der Waals surface area contributed by atoms with Crippen molar-refractivity contribution in [2.45, 2.75) is 32.2 Å². The van der Waals surface area contributed by atoms with Gasteiger partial charge in [0.25, 0.3) is 0 Å². The Hall–Kier alpha value is -2.08. The molecule has 0 saturated carbocycles. The first-order valence-corrected chi connectivity index (χ1v) is 9.46. The topological polar surface area (TPSA) is 61.9 Å². The molecule has 0 radical (unpaired) electrons. The van der Waals surface area contributed by atoms with Crippen LogP contribution in [0.1, 0.15) is 31.2 Å². The fourth-order valence-corrected chi connectivity index (χ4v) is 4.37.